The maximum atomic E-state index is 11.4. The molecular weight excluding hydrogens is 260 g/mol. The molecule has 0 N–H and O–H groups in total. The van der Waals surface area contributed by atoms with Gasteiger partial charge >= 0.3 is 0 Å². The summed E-state index contributed by atoms with van der Waals surface area (Å²) in [5, 5.41) is 4.96. The minimum absolute atomic E-state index is 0.0186. The van der Waals surface area contributed by atoms with Gasteiger partial charge in [0.25, 0.3) is 0 Å². The van der Waals surface area contributed by atoms with Crippen LogP contribution in [-0.2, 0) is 6.54 Å². The third-order valence-electron chi connectivity index (χ3n) is 3.06. The predicted octanol–water partition coefficient (Wildman–Crippen LogP) is 4.12. The van der Waals surface area contributed by atoms with Crippen molar-refractivity contribution in [3.8, 4) is 11.1 Å². The molecule has 0 spiro atoms. The van der Waals surface area contributed by atoms with Gasteiger partial charge in [0.1, 0.15) is 0 Å². The lowest BCUT2D eigenvalue weighted by atomic mass is 10.0. The van der Waals surface area contributed by atoms with E-state index in [1.807, 2.05) is 29.9 Å². The number of benzene rings is 1. The van der Waals surface area contributed by atoms with E-state index in [0.29, 0.717) is 10.6 Å². The molecule has 1 heterocycles. The summed E-state index contributed by atoms with van der Waals surface area (Å²) >= 11 is 6.15. The molecule has 0 unspecified atom stereocenters. The fraction of sp³-hybridized carbons (Fsp3) is 0.333. The molecule has 0 bridgehead atoms. The third-order valence-corrected chi connectivity index (χ3v) is 3.37. The zero-order valence-electron chi connectivity index (χ0n) is 11.4. The molecule has 0 aliphatic rings. The Bertz CT molecular complexity index is 617. The fourth-order valence-corrected chi connectivity index (χ4v) is 2.43. The molecule has 2 rings (SSSR count). The second-order valence-corrected chi connectivity index (χ2v) is 5.05. The fourth-order valence-electron chi connectivity index (χ4n) is 2.11. The molecule has 1 aromatic carbocycles. The molecular formula is C15H17ClN2O. The molecule has 0 atom stereocenters. The van der Waals surface area contributed by atoms with Crippen molar-refractivity contribution in [1.29, 1.82) is 0 Å². The largest absolute Gasteiger partial charge is 0.294 e. The van der Waals surface area contributed by atoms with Gasteiger partial charge in [-0.05, 0) is 38.0 Å². The average molecular weight is 277 g/mol. The van der Waals surface area contributed by atoms with E-state index in [-0.39, 0.29) is 5.78 Å². The smallest absolute Gasteiger partial charge is 0.161 e. The lowest BCUT2D eigenvalue weighted by molar-refractivity contribution is 0.101. The predicted molar refractivity (Wildman–Crippen MR) is 77.7 cm³/mol. The van der Waals surface area contributed by atoms with Gasteiger partial charge in [-0.3, -0.25) is 9.48 Å². The molecule has 0 radical (unpaired) electrons. The van der Waals surface area contributed by atoms with Gasteiger partial charge in [0.05, 0.1) is 10.7 Å². The monoisotopic (exact) mass is 276 g/mol. The molecule has 0 saturated carbocycles. The van der Waals surface area contributed by atoms with Crippen molar-refractivity contribution in [3.05, 3.63) is 40.7 Å². The Labute approximate surface area is 118 Å². The Morgan fingerprint density at radius 2 is 2.16 bits per heavy atom. The Hall–Kier alpha value is -1.61. The Kier molecular flexibility index (Phi) is 4.05. The number of rotatable bonds is 4. The highest BCUT2D eigenvalue weighted by Crippen LogP contribution is 2.27. The van der Waals surface area contributed by atoms with Crippen molar-refractivity contribution >= 4 is 17.4 Å². The van der Waals surface area contributed by atoms with Crippen LogP contribution in [-0.4, -0.2) is 15.6 Å². The van der Waals surface area contributed by atoms with E-state index in [0.717, 1.165) is 29.8 Å². The highest BCUT2D eigenvalue weighted by Gasteiger charge is 2.11. The first-order valence-corrected chi connectivity index (χ1v) is 6.75. The minimum atomic E-state index is -0.0186. The van der Waals surface area contributed by atoms with E-state index >= 15 is 0 Å². The summed E-state index contributed by atoms with van der Waals surface area (Å²) in [5.74, 6) is -0.0186. The van der Waals surface area contributed by atoms with E-state index in [2.05, 4.69) is 12.0 Å². The molecule has 100 valence electrons. The highest BCUT2D eigenvalue weighted by molar-refractivity contribution is 6.34. The van der Waals surface area contributed by atoms with Crippen LogP contribution in [0.5, 0.6) is 0 Å². The number of ketones is 1. The zero-order chi connectivity index (χ0) is 14.0. The zero-order valence-corrected chi connectivity index (χ0v) is 12.2. The Balaban J connectivity index is 2.42. The van der Waals surface area contributed by atoms with Crippen molar-refractivity contribution in [2.75, 3.05) is 0 Å². The molecule has 0 aliphatic carbocycles. The number of aryl methyl sites for hydroxylation is 2. The first-order valence-electron chi connectivity index (χ1n) is 6.37. The first kappa shape index (κ1) is 13.8. The number of aromatic nitrogens is 2. The molecule has 2 aromatic rings. The van der Waals surface area contributed by atoms with Gasteiger partial charge in [-0.25, -0.2) is 0 Å². The number of Topliss-reactive ketones (excluding diaryl/α,β-unsaturated/α-hetero) is 1. The van der Waals surface area contributed by atoms with E-state index in [9.17, 15) is 4.79 Å². The van der Waals surface area contributed by atoms with Crippen molar-refractivity contribution in [1.82, 2.24) is 9.78 Å². The number of hydrogen-bond acceptors (Lipinski definition) is 2. The number of nitrogens with zero attached hydrogens (tertiary/aromatic N) is 2. The second kappa shape index (κ2) is 5.57. The lowest BCUT2D eigenvalue weighted by Gasteiger charge is -2.04. The summed E-state index contributed by atoms with van der Waals surface area (Å²) in [6.07, 6.45) is 3.07. The van der Waals surface area contributed by atoms with Crippen LogP contribution < -0.4 is 0 Å². The quantitative estimate of drug-likeness (QED) is 0.787. The van der Waals surface area contributed by atoms with E-state index in [1.165, 1.54) is 6.92 Å². The normalized spacial score (nSPS) is 10.7. The SMILES string of the molecule is CCCn1cc(-c2ccc(C(C)=O)c(Cl)c2)c(C)n1. The molecule has 1 aromatic heterocycles. The number of hydrogen-bond donors (Lipinski definition) is 0. The maximum absolute atomic E-state index is 11.4. The molecule has 0 saturated heterocycles. The average Bonchev–Trinajstić information content (AvgIpc) is 2.70. The summed E-state index contributed by atoms with van der Waals surface area (Å²) in [7, 11) is 0. The van der Waals surface area contributed by atoms with Crippen LogP contribution >= 0.6 is 11.6 Å². The number of carbonyl (C=O) groups excluding carboxylic acids is 1. The maximum Gasteiger partial charge on any atom is 0.161 e. The van der Waals surface area contributed by atoms with Crippen LogP contribution in [0.4, 0.5) is 0 Å². The topological polar surface area (TPSA) is 34.9 Å². The molecule has 0 fully saturated rings. The van der Waals surface area contributed by atoms with Gasteiger partial charge in [-0.1, -0.05) is 24.6 Å². The van der Waals surface area contributed by atoms with Crippen LogP contribution in [0.3, 0.4) is 0 Å². The first-order chi connectivity index (χ1) is 9.02. The van der Waals surface area contributed by atoms with Crippen molar-refractivity contribution in [3.63, 3.8) is 0 Å². The summed E-state index contributed by atoms with van der Waals surface area (Å²) < 4.78 is 1.94. The highest BCUT2D eigenvalue weighted by atomic mass is 35.5. The van der Waals surface area contributed by atoms with Crippen molar-refractivity contribution in [2.45, 2.75) is 33.7 Å². The van der Waals surface area contributed by atoms with E-state index < -0.39 is 0 Å². The van der Waals surface area contributed by atoms with Gasteiger partial charge < -0.3 is 0 Å². The number of carbonyl (C=O) groups is 1. The van der Waals surface area contributed by atoms with E-state index in [4.69, 9.17) is 11.6 Å². The molecule has 3 nitrogen and oxygen atoms in total. The van der Waals surface area contributed by atoms with Crippen LogP contribution in [0.1, 0.15) is 36.3 Å². The molecule has 19 heavy (non-hydrogen) atoms. The second-order valence-electron chi connectivity index (χ2n) is 4.64. The van der Waals surface area contributed by atoms with Gasteiger partial charge in [0.15, 0.2) is 5.78 Å². The minimum Gasteiger partial charge on any atom is -0.294 e. The Morgan fingerprint density at radius 3 is 2.74 bits per heavy atom. The van der Waals surface area contributed by atoms with Crippen LogP contribution in [0, 0.1) is 6.92 Å². The van der Waals surface area contributed by atoms with Gasteiger partial charge in [0, 0.05) is 23.9 Å². The van der Waals surface area contributed by atoms with E-state index in [1.54, 1.807) is 6.07 Å². The lowest BCUT2D eigenvalue weighted by Crippen LogP contribution is -1.96. The summed E-state index contributed by atoms with van der Waals surface area (Å²) in [5.41, 5.74) is 3.59. The molecule has 4 heteroatoms. The van der Waals surface area contributed by atoms with Gasteiger partial charge in [-0.15, -0.1) is 0 Å². The van der Waals surface area contributed by atoms with Crippen LogP contribution in [0.25, 0.3) is 11.1 Å². The van der Waals surface area contributed by atoms with Gasteiger partial charge in [-0.2, -0.15) is 5.10 Å². The Morgan fingerprint density at radius 1 is 1.42 bits per heavy atom. The van der Waals surface area contributed by atoms with Gasteiger partial charge in [0.2, 0.25) is 0 Å². The van der Waals surface area contributed by atoms with Crippen LogP contribution in [0.2, 0.25) is 5.02 Å². The summed E-state index contributed by atoms with van der Waals surface area (Å²) in [6, 6.07) is 5.53. The molecule has 0 aliphatic heterocycles. The third kappa shape index (κ3) is 2.87. The molecule has 0 amide bonds. The standard InChI is InChI=1S/C15H17ClN2O/c1-4-7-18-9-14(10(2)17-18)12-5-6-13(11(3)19)15(16)8-12/h5-6,8-9H,4,7H2,1-3H3. The number of halogens is 1. The summed E-state index contributed by atoms with van der Waals surface area (Å²) in [6.45, 7) is 6.52. The van der Waals surface area contributed by atoms with Crippen LogP contribution in [0.15, 0.2) is 24.4 Å². The summed E-state index contributed by atoms with van der Waals surface area (Å²) in [4.78, 5) is 11.4. The van der Waals surface area contributed by atoms with Crippen molar-refractivity contribution < 1.29 is 4.79 Å². The van der Waals surface area contributed by atoms with Crippen molar-refractivity contribution in [2.24, 2.45) is 0 Å².